The van der Waals surface area contributed by atoms with Crippen molar-refractivity contribution in [2.45, 2.75) is 32.4 Å². The lowest BCUT2D eigenvalue weighted by atomic mass is 9.83. The van der Waals surface area contributed by atoms with Crippen LogP contribution in [-0.2, 0) is 11.2 Å². The standard InChI is InChI=1S/C21H21NO5/c1-10-14(23)5-4-13-17(10)21(24)27-20(13)18-16-11(2)19-15(25-9-26-19)8-12(16)6-7-22(18)3/h4-5,8,18,20,23H,6-7,9H2,1-3H3/t18-,20?/m1/s1. The van der Waals surface area contributed by atoms with E-state index < -0.39 is 6.10 Å². The Labute approximate surface area is 157 Å². The molecule has 0 aromatic heterocycles. The molecule has 0 saturated carbocycles. The molecule has 2 aromatic rings. The van der Waals surface area contributed by atoms with Crippen molar-refractivity contribution < 1.29 is 24.1 Å². The van der Waals surface area contributed by atoms with Crippen molar-refractivity contribution in [2.75, 3.05) is 20.4 Å². The van der Waals surface area contributed by atoms with Crippen molar-refractivity contribution in [3.63, 3.8) is 0 Å². The highest BCUT2D eigenvalue weighted by atomic mass is 16.7. The zero-order valence-corrected chi connectivity index (χ0v) is 15.5. The van der Waals surface area contributed by atoms with Gasteiger partial charge >= 0.3 is 5.97 Å². The van der Waals surface area contributed by atoms with Crippen LogP contribution in [0.2, 0.25) is 0 Å². The van der Waals surface area contributed by atoms with Crippen LogP contribution in [0.4, 0.5) is 0 Å². The van der Waals surface area contributed by atoms with Crippen LogP contribution in [0.25, 0.3) is 0 Å². The van der Waals surface area contributed by atoms with Crippen LogP contribution in [0, 0.1) is 13.8 Å². The fourth-order valence-electron chi connectivity index (χ4n) is 4.65. The first kappa shape index (κ1) is 16.4. The van der Waals surface area contributed by atoms with E-state index in [0.717, 1.165) is 41.2 Å². The molecular formula is C21H21NO5. The van der Waals surface area contributed by atoms with Gasteiger partial charge in [-0.15, -0.1) is 0 Å². The molecule has 3 aliphatic heterocycles. The molecule has 3 aliphatic rings. The van der Waals surface area contributed by atoms with E-state index >= 15 is 0 Å². The third-order valence-corrected chi connectivity index (χ3v) is 6.04. The maximum Gasteiger partial charge on any atom is 0.339 e. The van der Waals surface area contributed by atoms with E-state index in [4.69, 9.17) is 14.2 Å². The van der Waals surface area contributed by atoms with Crippen LogP contribution in [0.15, 0.2) is 18.2 Å². The van der Waals surface area contributed by atoms with Gasteiger partial charge in [0.1, 0.15) is 11.9 Å². The number of carbonyl (C=O) groups excluding carboxylic acids is 1. The summed E-state index contributed by atoms with van der Waals surface area (Å²) in [6.45, 7) is 4.88. The van der Waals surface area contributed by atoms with Gasteiger partial charge in [-0.2, -0.15) is 0 Å². The minimum atomic E-state index is -0.421. The van der Waals surface area contributed by atoms with E-state index in [0.29, 0.717) is 11.1 Å². The van der Waals surface area contributed by atoms with Crippen molar-refractivity contribution in [3.8, 4) is 17.2 Å². The number of hydrogen-bond donors (Lipinski definition) is 1. The first-order valence-corrected chi connectivity index (χ1v) is 9.13. The van der Waals surface area contributed by atoms with E-state index in [-0.39, 0.29) is 24.6 Å². The third kappa shape index (κ3) is 2.19. The van der Waals surface area contributed by atoms with Crippen molar-refractivity contribution in [1.29, 1.82) is 0 Å². The predicted molar refractivity (Wildman–Crippen MR) is 97.4 cm³/mol. The average molecular weight is 367 g/mol. The van der Waals surface area contributed by atoms with E-state index in [1.54, 1.807) is 19.1 Å². The molecule has 6 nitrogen and oxygen atoms in total. The van der Waals surface area contributed by atoms with E-state index in [1.807, 2.05) is 6.92 Å². The van der Waals surface area contributed by atoms with Crippen LogP contribution >= 0.6 is 0 Å². The molecule has 27 heavy (non-hydrogen) atoms. The summed E-state index contributed by atoms with van der Waals surface area (Å²) in [5.41, 5.74) is 5.28. The number of hydrogen-bond acceptors (Lipinski definition) is 6. The molecule has 3 heterocycles. The number of ether oxygens (including phenoxy) is 3. The van der Waals surface area contributed by atoms with Gasteiger partial charge in [0, 0.05) is 23.2 Å². The molecule has 6 heteroatoms. The number of phenolic OH excluding ortho intramolecular Hbond substituents is 1. The number of rotatable bonds is 1. The molecule has 1 N–H and O–H groups in total. The second-order valence-corrected chi connectivity index (χ2v) is 7.48. The Hall–Kier alpha value is -2.73. The summed E-state index contributed by atoms with van der Waals surface area (Å²) in [5.74, 6) is 1.31. The Bertz CT molecular complexity index is 983. The third-order valence-electron chi connectivity index (χ3n) is 6.04. The number of fused-ring (bicyclic) bond motifs is 3. The number of carbonyl (C=O) groups is 1. The van der Waals surface area contributed by atoms with Gasteiger partial charge in [-0.1, -0.05) is 6.07 Å². The van der Waals surface area contributed by atoms with E-state index in [2.05, 4.69) is 18.0 Å². The fraction of sp³-hybridized carbons (Fsp3) is 0.381. The molecule has 2 aromatic carbocycles. The van der Waals surface area contributed by atoms with Crippen molar-refractivity contribution in [2.24, 2.45) is 0 Å². The number of phenols is 1. The first-order chi connectivity index (χ1) is 13.0. The first-order valence-electron chi connectivity index (χ1n) is 9.13. The van der Waals surface area contributed by atoms with Gasteiger partial charge < -0.3 is 19.3 Å². The lowest BCUT2D eigenvalue weighted by Crippen LogP contribution is -2.36. The van der Waals surface area contributed by atoms with Gasteiger partial charge in [0.25, 0.3) is 0 Å². The van der Waals surface area contributed by atoms with Crippen LogP contribution in [0.5, 0.6) is 17.2 Å². The summed E-state index contributed by atoms with van der Waals surface area (Å²) in [4.78, 5) is 14.8. The highest BCUT2D eigenvalue weighted by Crippen LogP contribution is 2.51. The Morgan fingerprint density at radius 3 is 2.81 bits per heavy atom. The molecule has 0 amide bonds. The summed E-state index contributed by atoms with van der Waals surface area (Å²) in [6, 6.07) is 5.39. The maximum atomic E-state index is 12.6. The van der Waals surface area contributed by atoms with Gasteiger partial charge in [0.05, 0.1) is 11.6 Å². The van der Waals surface area contributed by atoms with Gasteiger partial charge in [0.2, 0.25) is 6.79 Å². The number of likely N-dealkylation sites (N-methyl/N-ethyl adjacent to an activating group) is 1. The quantitative estimate of drug-likeness (QED) is 0.781. The monoisotopic (exact) mass is 367 g/mol. The van der Waals surface area contributed by atoms with Gasteiger partial charge in [-0.05, 0) is 50.6 Å². The van der Waals surface area contributed by atoms with Crippen LogP contribution < -0.4 is 9.47 Å². The zero-order valence-electron chi connectivity index (χ0n) is 15.5. The topological polar surface area (TPSA) is 68.2 Å². The smallest absolute Gasteiger partial charge is 0.339 e. The largest absolute Gasteiger partial charge is 0.508 e. The number of esters is 1. The van der Waals surface area contributed by atoms with Crippen LogP contribution in [-0.4, -0.2) is 36.4 Å². The molecule has 0 aliphatic carbocycles. The molecule has 0 spiro atoms. The SMILES string of the molecule is Cc1c(O)ccc2c1C(=O)OC2[C@H]1c2c(cc3c(c2C)OCO3)CCN1C. The van der Waals surface area contributed by atoms with Crippen molar-refractivity contribution in [1.82, 2.24) is 4.90 Å². The van der Waals surface area contributed by atoms with Crippen LogP contribution in [0.1, 0.15) is 50.3 Å². The summed E-state index contributed by atoms with van der Waals surface area (Å²) in [7, 11) is 2.05. The molecule has 140 valence electrons. The second kappa shape index (κ2) is 5.63. The Kier molecular flexibility index (Phi) is 3.43. The lowest BCUT2D eigenvalue weighted by molar-refractivity contribution is 0.00923. The lowest BCUT2D eigenvalue weighted by Gasteiger charge is -2.38. The number of benzene rings is 2. The number of aromatic hydroxyl groups is 1. The average Bonchev–Trinajstić information content (AvgIpc) is 3.24. The predicted octanol–water partition coefficient (Wildman–Crippen LogP) is 3.18. The highest BCUT2D eigenvalue weighted by Gasteiger charge is 2.44. The molecule has 0 saturated heterocycles. The second-order valence-electron chi connectivity index (χ2n) is 7.48. The minimum Gasteiger partial charge on any atom is -0.508 e. The minimum absolute atomic E-state index is 0.114. The van der Waals surface area contributed by atoms with Crippen molar-refractivity contribution in [3.05, 3.63) is 51.6 Å². The fourth-order valence-corrected chi connectivity index (χ4v) is 4.65. The van der Waals surface area contributed by atoms with Gasteiger partial charge in [0.15, 0.2) is 11.5 Å². The van der Waals surface area contributed by atoms with E-state index in [9.17, 15) is 9.90 Å². The summed E-state index contributed by atoms with van der Waals surface area (Å²) >= 11 is 0. The molecular weight excluding hydrogens is 346 g/mol. The number of nitrogens with zero attached hydrogens (tertiary/aromatic N) is 1. The summed E-state index contributed by atoms with van der Waals surface area (Å²) in [5, 5.41) is 10.0. The van der Waals surface area contributed by atoms with Gasteiger partial charge in [-0.3, -0.25) is 4.90 Å². The zero-order chi connectivity index (χ0) is 18.9. The van der Waals surface area contributed by atoms with Gasteiger partial charge in [-0.25, -0.2) is 4.79 Å². The Morgan fingerprint density at radius 2 is 2.00 bits per heavy atom. The molecule has 1 unspecified atom stereocenters. The summed E-state index contributed by atoms with van der Waals surface area (Å²) in [6.07, 6.45) is 0.483. The molecule has 0 radical (unpaired) electrons. The highest BCUT2D eigenvalue weighted by molar-refractivity contribution is 5.96. The number of cyclic esters (lactones) is 1. The van der Waals surface area contributed by atoms with Crippen LogP contribution in [0.3, 0.4) is 0 Å². The molecule has 0 bridgehead atoms. The van der Waals surface area contributed by atoms with Crippen molar-refractivity contribution >= 4 is 5.97 Å². The maximum absolute atomic E-state index is 12.6. The Morgan fingerprint density at radius 1 is 1.19 bits per heavy atom. The summed E-state index contributed by atoms with van der Waals surface area (Å²) < 4.78 is 17.1. The molecule has 2 atom stereocenters. The van der Waals surface area contributed by atoms with E-state index in [1.165, 1.54) is 5.56 Å². The molecule has 5 rings (SSSR count). The normalized spacial score (nSPS) is 23.1. The molecule has 0 fully saturated rings. The Balaban J connectivity index is 1.69.